The van der Waals surface area contributed by atoms with E-state index in [0.29, 0.717) is 11.2 Å². The lowest BCUT2D eigenvalue weighted by Gasteiger charge is -2.25. The molecule has 3 fully saturated rings. The van der Waals surface area contributed by atoms with Gasteiger partial charge in [-0.15, -0.1) is 0 Å². The summed E-state index contributed by atoms with van der Waals surface area (Å²) in [6, 6.07) is 0. The highest BCUT2D eigenvalue weighted by Crippen LogP contribution is 2.53. The number of nitrogens with one attached hydrogen (secondary N) is 1. The van der Waals surface area contributed by atoms with Gasteiger partial charge in [-0.05, 0) is 0 Å². The fraction of sp³-hybridized carbons (Fsp3) is 0.455. The number of fused-ring (bicyclic) bond motifs is 7. The van der Waals surface area contributed by atoms with Gasteiger partial charge in [0.15, 0.2) is 40.4 Å². The van der Waals surface area contributed by atoms with Crippen LogP contribution in [0.15, 0.2) is 36.2 Å². The van der Waals surface area contributed by atoms with Crippen molar-refractivity contribution in [2.24, 2.45) is 0 Å². The van der Waals surface area contributed by atoms with Gasteiger partial charge in [0.2, 0.25) is 5.95 Å². The molecule has 0 saturated carbocycles. The van der Waals surface area contributed by atoms with Crippen molar-refractivity contribution in [1.29, 1.82) is 0 Å². The second kappa shape index (κ2) is 10.9. The standard InChI is InChI=1S/C22H24N10O13P2/c23-22-28-18-11(19(35)29-22)26-7-32(18)21-15-12(33)8(42-21)3-40-46(36,37)44-14-9(4-41-47(38,39)45-15)43-20(13(14)34)31-6-25-10-16-24-1-2-30(16)5-27-17(10)31/h1-2,5-9,12-15,20-21,33-34H,3-4H2,(H,36,37)(H,38,39)(H3,23,28,29,35)/t8-,9-,12?,13?,14?,15?,20-,21-/m1/s1. The van der Waals surface area contributed by atoms with Crippen LogP contribution in [0, 0.1) is 0 Å². The number of nitrogens with zero attached hydrogens (tertiary/aromatic N) is 8. The summed E-state index contributed by atoms with van der Waals surface area (Å²) in [5.74, 6) is -0.280. The van der Waals surface area contributed by atoms with Crippen LogP contribution >= 0.6 is 15.6 Å². The minimum absolute atomic E-state index is 0.123. The molecule has 47 heavy (non-hydrogen) atoms. The first-order chi connectivity index (χ1) is 22.4. The smallest absolute Gasteiger partial charge is 0.387 e. The van der Waals surface area contributed by atoms with Crippen LogP contribution in [0.5, 0.6) is 0 Å². The largest absolute Gasteiger partial charge is 0.472 e. The van der Waals surface area contributed by atoms with Gasteiger partial charge in [0.1, 0.15) is 43.0 Å². The Morgan fingerprint density at radius 2 is 1.47 bits per heavy atom. The van der Waals surface area contributed by atoms with E-state index in [0.717, 1.165) is 10.9 Å². The van der Waals surface area contributed by atoms with Crippen molar-refractivity contribution >= 4 is 49.6 Å². The molecule has 10 atom stereocenters. The molecule has 8 heterocycles. The third kappa shape index (κ3) is 5.17. The van der Waals surface area contributed by atoms with Crippen LogP contribution in [-0.2, 0) is 36.7 Å². The summed E-state index contributed by atoms with van der Waals surface area (Å²) in [5, 5.41) is 22.3. The molecule has 3 saturated heterocycles. The number of nitrogens with two attached hydrogens (primary N) is 1. The third-order valence-corrected chi connectivity index (χ3v) is 9.86. The van der Waals surface area contributed by atoms with E-state index in [9.17, 15) is 33.9 Å². The van der Waals surface area contributed by atoms with Crippen molar-refractivity contribution in [1.82, 2.24) is 43.4 Å². The Morgan fingerprint density at radius 3 is 2.23 bits per heavy atom. The SMILES string of the molecule is Nc1nc2c(ncn2[C@@H]2O[C@@H]3COP(=O)(O)OC4C(O)[C@H](n5cnc6c5ncn5ccnc65)O[C@@H]4COP(=O)(O)OC2C3O)c(=O)[nH]1. The van der Waals surface area contributed by atoms with E-state index < -0.39 is 83.5 Å². The second-order valence-corrected chi connectivity index (χ2v) is 13.6. The van der Waals surface area contributed by atoms with Crippen LogP contribution in [0.25, 0.3) is 28.0 Å². The summed E-state index contributed by atoms with van der Waals surface area (Å²) >= 11 is 0. The van der Waals surface area contributed by atoms with E-state index in [1.54, 1.807) is 16.8 Å². The molecule has 0 amide bonds. The number of nitrogen functional groups attached to an aromatic ring is 1. The van der Waals surface area contributed by atoms with Gasteiger partial charge in [0, 0.05) is 12.4 Å². The predicted octanol–water partition coefficient (Wildman–Crippen LogP) is -1.67. The molecule has 5 aromatic rings. The zero-order valence-electron chi connectivity index (χ0n) is 23.4. The number of aliphatic hydroxyl groups excluding tert-OH is 2. The molecule has 0 aliphatic carbocycles. The van der Waals surface area contributed by atoms with Gasteiger partial charge in [-0.1, -0.05) is 0 Å². The van der Waals surface area contributed by atoms with Gasteiger partial charge in [0.05, 0.1) is 25.9 Å². The number of H-pyrrole nitrogens is 1. The topological polar surface area (TPSA) is 308 Å². The first-order valence-corrected chi connectivity index (χ1v) is 16.7. The Morgan fingerprint density at radius 1 is 0.809 bits per heavy atom. The average Bonchev–Trinajstić information content (AvgIpc) is 3.83. The molecule has 2 bridgehead atoms. The number of hydrogen-bond acceptors (Lipinski definition) is 17. The molecule has 23 nitrogen and oxygen atoms in total. The Bertz CT molecular complexity index is 2170. The third-order valence-electron chi connectivity index (χ3n) is 7.89. The molecular formula is C22H24N10O13P2. The zero-order valence-corrected chi connectivity index (χ0v) is 25.2. The lowest BCUT2D eigenvalue weighted by atomic mass is 10.1. The van der Waals surface area contributed by atoms with Gasteiger partial charge >= 0.3 is 15.6 Å². The molecule has 7 N–H and O–H groups in total. The maximum Gasteiger partial charge on any atom is 0.472 e. The van der Waals surface area contributed by atoms with E-state index >= 15 is 0 Å². The van der Waals surface area contributed by atoms with Gasteiger partial charge in [-0.25, -0.2) is 29.1 Å². The summed E-state index contributed by atoms with van der Waals surface area (Å²) in [6.45, 7) is -1.63. The van der Waals surface area contributed by atoms with E-state index in [-0.39, 0.29) is 22.8 Å². The molecule has 250 valence electrons. The number of phosphoric ester groups is 2. The lowest BCUT2D eigenvalue weighted by molar-refractivity contribution is -0.0672. The van der Waals surface area contributed by atoms with Crippen LogP contribution < -0.4 is 11.3 Å². The van der Waals surface area contributed by atoms with Crippen molar-refractivity contribution in [3.63, 3.8) is 0 Å². The van der Waals surface area contributed by atoms with Gasteiger partial charge in [0.25, 0.3) is 5.56 Å². The molecular weight excluding hydrogens is 674 g/mol. The normalized spacial score (nSPS) is 36.8. The molecule has 0 radical (unpaired) electrons. The van der Waals surface area contributed by atoms with E-state index in [4.69, 9.17) is 33.3 Å². The summed E-state index contributed by atoms with van der Waals surface area (Å²) < 4.78 is 63.2. The molecule has 8 rings (SSSR count). The van der Waals surface area contributed by atoms with Gasteiger partial charge < -0.3 is 35.2 Å². The number of ether oxygens (including phenoxy) is 2. The van der Waals surface area contributed by atoms with Crippen molar-refractivity contribution in [3.8, 4) is 0 Å². The number of aromatic amines is 1. The monoisotopic (exact) mass is 698 g/mol. The summed E-state index contributed by atoms with van der Waals surface area (Å²) in [5.41, 5.74) is 5.73. The van der Waals surface area contributed by atoms with Gasteiger partial charge in [-0.3, -0.25) is 41.4 Å². The Balaban J connectivity index is 1.11. The van der Waals surface area contributed by atoms with Crippen molar-refractivity contribution in [2.45, 2.75) is 49.1 Å². The minimum atomic E-state index is -5.11. The predicted molar refractivity (Wildman–Crippen MR) is 150 cm³/mol. The maximum absolute atomic E-state index is 13.3. The zero-order chi connectivity index (χ0) is 32.8. The number of hydrogen-bond donors (Lipinski definition) is 6. The van der Waals surface area contributed by atoms with Crippen molar-refractivity contribution in [2.75, 3.05) is 18.9 Å². The number of phosphoric acid groups is 2. The van der Waals surface area contributed by atoms with Crippen LogP contribution in [-0.4, -0.2) is 113 Å². The summed E-state index contributed by atoms with van der Waals surface area (Å²) in [6.07, 6.45) is -5.51. The average molecular weight is 698 g/mol. The number of rotatable bonds is 2. The molecule has 3 aliphatic rings. The maximum atomic E-state index is 13.3. The van der Waals surface area contributed by atoms with E-state index in [2.05, 4.69) is 29.9 Å². The highest BCUT2D eigenvalue weighted by Gasteiger charge is 2.54. The van der Waals surface area contributed by atoms with Gasteiger partial charge in [-0.2, -0.15) is 4.98 Å². The highest BCUT2D eigenvalue weighted by atomic mass is 31.2. The summed E-state index contributed by atoms with van der Waals surface area (Å²) in [7, 11) is -10.2. The van der Waals surface area contributed by atoms with Crippen LogP contribution in [0.1, 0.15) is 12.5 Å². The van der Waals surface area contributed by atoms with Crippen molar-refractivity contribution < 1.29 is 56.7 Å². The number of aromatic nitrogens is 9. The Kier molecular flexibility index (Phi) is 7.11. The first kappa shape index (κ1) is 30.6. The highest BCUT2D eigenvalue weighted by molar-refractivity contribution is 7.47. The molecule has 25 heteroatoms. The fourth-order valence-corrected chi connectivity index (χ4v) is 7.67. The number of imidazole rings is 3. The molecule has 5 aromatic heterocycles. The first-order valence-electron chi connectivity index (χ1n) is 13.7. The van der Waals surface area contributed by atoms with Crippen LogP contribution in [0.3, 0.4) is 0 Å². The Labute approximate surface area is 259 Å². The lowest BCUT2D eigenvalue weighted by Crippen LogP contribution is -2.36. The quantitative estimate of drug-likeness (QED) is 0.112. The van der Waals surface area contributed by atoms with E-state index in [1.165, 1.54) is 17.2 Å². The second-order valence-electron chi connectivity index (χ2n) is 10.8. The van der Waals surface area contributed by atoms with Crippen LogP contribution in [0.4, 0.5) is 5.95 Å². The van der Waals surface area contributed by atoms with Crippen LogP contribution in [0.2, 0.25) is 0 Å². The number of aliphatic hydroxyl groups is 2. The number of anilines is 1. The molecule has 6 unspecified atom stereocenters. The van der Waals surface area contributed by atoms with E-state index in [1.807, 2.05) is 0 Å². The fourth-order valence-electron chi connectivity index (χ4n) is 5.77. The molecule has 0 aromatic carbocycles. The minimum Gasteiger partial charge on any atom is -0.387 e. The summed E-state index contributed by atoms with van der Waals surface area (Å²) in [4.78, 5) is 56.8. The molecule has 0 spiro atoms. The Hall–Kier alpha value is -3.70. The molecule has 3 aliphatic heterocycles. The van der Waals surface area contributed by atoms with Crippen molar-refractivity contribution in [3.05, 3.63) is 41.7 Å².